The first-order valence-electron chi connectivity index (χ1n) is 21.9. The molecule has 0 saturated heterocycles. The van der Waals surface area contributed by atoms with Crippen molar-refractivity contribution in [3.63, 3.8) is 0 Å². The van der Waals surface area contributed by atoms with E-state index in [9.17, 15) is 19.2 Å². The lowest BCUT2D eigenvalue weighted by molar-refractivity contribution is 0.0909. The van der Waals surface area contributed by atoms with Gasteiger partial charge in [0.1, 0.15) is 0 Å². The van der Waals surface area contributed by atoms with Crippen LogP contribution in [-0.4, -0.2) is 23.6 Å². The largest absolute Gasteiger partial charge is 0.399 e. The number of benzene rings is 6. The molecule has 0 atom stereocenters. The maximum Gasteiger partial charge on any atom is 0.266 e. The van der Waals surface area contributed by atoms with Crippen LogP contribution in [0.3, 0.4) is 0 Å². The Morgan fingerprint density at radius 3 is 0.891 bits per heavy atom. The van der Waals surface area contributed by atoms with Gasteiger partial charge in [-0.05, 0) is 150 Å². The van der Waals surface area contributed by atoms with Crippen molar-refractivity contribution in [1.29, 1.82) is 0 Å². The predicted molar refractivity (Wildman–Crippen MR) is 262 cm³/mol. The normalized spacial score (nSPS) is 14.4. The molecule has 8 heteroatoms. The zero-order valence-electron chi connectivity index (χ0n) is 39.1. The fourth-order valence-corrected chi connectivity index (χ4v) is 9.06. The monoisotopic (exact) mass is 850 g/mol. The SMILES string of the molecule is CC(C)(C)c1cc(N2C(=O)c3ccc(-c4ccc(N)cc4)cc3C2=O)c(C(C)(C)C)cc1-c1cc(C(C)(C)C)c(N2C(=O)c3ccc(-c4ccc(N)cc4)cc3C2=O)cc1C(C)(C)C. The Labute approximate surface area is 377 Å². The van der Waals surface area contributed by atoms with E-state index in [2.05, 4.69) is 95.2 Å². The second kappa shape index (κ2) is 14.9. The molecule has 326 valence electrons. The number of carbonyl (C=O) groups excluding carboxylic acids is 4. The lowest BCUT2D eigenvalue weighted by Gasteiger charge is -2.35. The van der Waals surface area contributed by atoms with Gasteiger partial charge in [-0.25, -0.2) is 9.80 Å². The van der Waals surface area contributed by atoms with Gasteiger partial charge in [0.25, 0.3) is 23.6 Å². The van der Waals surface area contributed by atoms with Crippen LogP contribution in [0, 0.1) is 0 Å². The van der Waals surface area contributed by atoms with E-state index in [1.54, 1.807) is 24.3 Å². The van der Waals surface area contributed by atoms with E-state index in [-0.39, 0.29) is 23.6 Å². The number of carbonyl (C=O) groups is 4. The number of anilines is 4. The standard InChI is InChI=1S/C56H58N4O4/c1-53(2,3)43-29-47(59-49(61)37-23-17-33(25-41(37)51(59)63)31-13-19-35(57)20-14-31)45(55(7,8)9)27-39(43)40-28-46(56(10,11)12)48(30-44(40)54(4,5)6)60-50(62)38-24-18-34(26-42(38)52(60)64)32-15-21-36(58)22-16-32/h13-30H,57-58H2,1-12H3. The summed E-state index contributed by atoms with van der Waals surface area (Å²) in [4.78, 5) is 60.8. The van der Waals surface area contributed by atoms with E-state index in [0.717, 1.165) is 55.6 Å². The highest BCUT2D eigenvalue weighted by Gasteiger charge is 2.43. The number of hydrogen-bond donors (Lipinski definition) is 2. The molecule has 2 aliphatic rings. The number of hydrogen-bond acceptors (Lipinski definition) is 6. The maximum absolute atomic E-state index is 14.6. The summed E-state index contributed by atoms with van der Waals surface area (Å²) in [5.41, 5.74) is 22.7. The third-order valence-electron chi connectivity index (χ3n) is 12.5. The van der Waals surface area contributed by atoms with Gasteiger partial charge >= 0.3 is 0 Å². The van der Waals surface area contributed by atoms with Gasteiger partial charge in [-0.15, -0.1) is 0 Å². The second-order valence-electron chi connectivity index (χ2n) is 21.5. The van der Waals surface area contributed by atoms with Gasteiger partial charge in [0.15, 0.2) is 0 Å². The molecule has 8 rings (SSSR count). The van der Waals surface area contributed by atoms with Crippen molar-refractivity contribution < 1.29 is 19.2 Å². The van der Waals surface area contributed by atoms with Crippen molar-refractivity contribution in [2.24, 2.45) is 0 Å². The van der Waals surface area contributed by atoms with Gasteiger partial charge in [0, 0.05) is 11.4 Å². The van der Waals surface area contributed by atoms with Crippen LogP contribution in [0.4, 0.5) is 22.7 Å². The molecule has 0 aromatic heterocycles. The van der Waals surface area contributed by atoms with Crippen LogP contribution in [0.5, 0.6) is 0 Å². The molecule has 4 amide bonds. The summed E-state index contributed by atoms with van der Waals surface area (Å²) >= 11 is 0. The van der Waals surface area contributed by atoms with Crippen LogP contribution >= 0.6 is 0 Å². The first-order chi connectivity index (χ1) is 29.8. The summed E-state index contributed by atoms with van der Waals surface area (Å²) in [6.07, 6.45) is 0. The third-order valence-corrected chi connectivity index (χ3v) is 12.5. The molecule has 0 spiro atoms. The first kappa shape index (κ1) is 43.8. The molecule has 0 saturated carbocycles. The molecule has 0 fully saturated rings. The van der Waals surface area contributed by atoms with Gasteiger partial charge in [-0.1, -0.05) is 119 Å². The van der Waals surface area contributed by atoms with E-state index >= 15 is 0 Å². The van der Waals surface area contributed by atoms with E-state index in [1.165, 1.54) is 9.80 Å². The minimum Gasteiger partial charge on any atom is -0.399 e. The van der Waals surface area contributed by atoms with Crippen molar-refractivity contribution in [2.45, 2.75) is 105 Å². The Hall–Kier alpha value is -6.80. The minimum atomic E-state index is -0.509. The molecule has 0 unspecified atom stereocenters. The smallest absolute Gasteiger partial charge is 0.266 e. The van der Waals surface area contributed by atoms with Crippen LogP contribution in [0.15, 0.2) is 109 Å². The number of imide groups is 2. The quantitative estimate of drug-likeness (QED) is 0.131. The fraction of sp³-hybridized carbons (Fsp3) is 0.286. The summed E-state index contributed by atoms with van der Waals surface area (Å²) in [5.74, 6) is -1.46. The van der Waals surface area contributed by atoms with Gasteiger partial charge in [0.2, 0.25) is 0 Å². The van der Waals surface area contributed by atoms with E-state index < -0.39 is 21.7 Å². The van der Waals surface area contributed by atoms with Crippen molar-refractivity contribution >= 4 is 46.4 Å². The lowest BCUT2D eigenvalue weighted by Crippen LogP contribution is -2.33. The van der Waals surface area contributed by atoms with Crippen LogP contribution in [-0.2, 0) is 21.7 Å². The summed E-state index contributed by atoms with van der Waals surface area (Å²) in [6, 6.07) is 34.2. The average molecular weight is 851 g/mol. The third kappa shape index (κ3) is 7.48. The number of nitrogen functional groups attached to an aromatic ring is 2. The number of nitrogens with two attached hydrogens (primary N) is 2. The fourth-order valence-electron chi connectivity index (χ4n) is 9.06. The van der Waals surface area contributed by atoms with Gasteiger partial charge in [-0.3, -0.25) is 19.2 Å². The Morgan fingerprint density at radius 2 is 0.594 bits per heavy atom. The second-order valence-corrected chi connectivity index (χ2v) is 21.5. The molecule has 6 aromatic carbocycles. The number of amides is 4. The summed E-state index contributed by atoms with van der Waals surface area (Å²) in [6.45, 7) is 25.4. The summed E-state index contributed by atoms with van der Waals surface area (Å²) < 4.78 is 0. The molecule has 0 bridgehead atoms. The van der Waals surface area contributed by atoms with Gasteiger partial charge in [-0.2, -0.15) is 0 Å². The zero-order valence-corrected chi connectivity index (χ0v) is 39.1. The van der Waals surface area contributed by atoms with Crippen LogP contribution in [0.1, 0.15) is 147 Å². The number of fused-ring (bicyclic) bond motifs is 2. The van der Waals surface area contributed by atoms with Crippen LogP contribution in [0.2, 0.25) is 0 Å². The Bertz CT molecular complexity index is 2750. The molecule has 0 aliphatic carbocycles. The number of nitrogens with zero attached hydrogens (tertiary/aromatic N) is 2. The summed E-state index contributed by atoms with van der Waals surface area (Å²) in [7, 11) is 0. The minimum absolute atomic E-state index is 0.357. The van der Waals surface area contributed by atoms with E-state index in [0.29, 0.717) is 45.0 Å². The molecular weight excluding hydrogens is 793 g/mol. The molecule has 0 radical (unpaired) electrons. The molecule has 8 nitrogen and oxygen atoms in total. The molecule has 64 heavy (non-hydrogen) atoms. The highest BCUT2D eigenvalue weighted by atomic mass is 16.2. The van der Waals surface area contributed by atoms with Crippen LogP contribution < -0.4 is 21.3 Å². The van der Waals surface area contributed by atoms with Crippen molar-refractivity contribution in [2.75, 3.05) is 21.3 Å². The van der Waals surface area contributed by atoms with E-state index in [4.69, 9.17) is 11.5 Å². The highest BCUT2D eigenvalue weighted by Crippen LogP contribution is 2.49. The predicted octanol–water partition coefficient (Wildman–Crippen LogP) is 12.6. The first-order valence-corrected chi connectivity index (χ1v) is 21.9. The summed E-state index contributed by atoms with van der Waals surface area (Å²) in [5, 5.41) is 0. The molecule has 4 N–H and O–H groups in total. The van der Waals surface area contributed by atoms with Gasteiger partial charge < -0.3 is 11.5 Å². The van der Waals surface area contributed by atoms with Crippen molar-refractivity contribution in [3.05, 3.63) is 154 Å². The van der Waals surface area contributed by atoms with Crippen molar-refractivity contribution in [3.8, 4) is 33.4 Å². The Balaban J connectivity index is 1.31. The zero-order chi connectivity index (χ0) is 46.6. The average Bonchev–Trinajstić information content (AvgIpc) is 3.61. The number of rotatable bonds is 5. The highest BCUT2D eigenvalue weighted by molar-refractivity contribution is 6.36. The maximum atomic E-state index is 14.6. The van der Waals surface area contributed by atoms with Crippen molar-refractivity contribution in [1.82, 2.24) is 0 Å². The van der Waals surface area contributed by atoms with E-state index in [1.807, 2.05) is 72.8 Å². The molecule has 6 aromatic rings. The lowest BCUT2D eigenvalue weighted by atomic mass is 9.72. The Morgan fingerprint density at radius 1 is 0.312 bits per heavy atom. The van der Waals surface area contributed by atoms with Crippen LogP contribution in [0.25, 0.3) is 33.4 Å². The molecule has 2 heterocycles. The topological polar surface area (TPSA) is 127 Å². The Kier molecular flexibility index (Phi) is 10.2. The van der Waals surface area contributed by atoms with Gasteiger partial charge in [0.05, 0.1) is 33.6 Å². The molecule has 2 aliphatic heterocycles. The molecular formula is C56H58N4O4.